The minimum Gasteiger partial charge on any atom is -0.383 e. The first-order valence-electron chi connectivity index (χ1n) is 6.60. The number of methoxy groups -OCH3 is 1. The summed E-state index contributed by atoms with van der Waals surface area (Å²) in [7, 11) is 1.71. The summed E-state index contributed by atoms with van der Waals surface area (Å²) in [5, 5.41) is 6.61. The number of aryl methyl sites for hydroxylation is 1. The van der Waals surface area contributed by atoms with Crippen molar-refractivity contribution in [3.8, 4) is 0 Å². The van der Waals surface area contributed by atoms with Gasteiger partial charge in [-0.25, -0.2) is 9.97 Å². The molecule has 0 amide bonds. The van der Waals surface area contributed by atoms with Gasteiger partial charge in [-0.3, -0.25) is 0 Å². The summed E-state index contributed by atoms with van der Waals surface area (Å²) in [6.07, 6.45) is 1.82. The fourth-order valence-electron chi connectivity index (χ4n) is 1.67. The quantitative estimate of drug-likeness (QED) is 0.743. The van der Waals surface area contributed by atoms with Crippen molar-refractivity contribution >= 4 is 11.6 Å². The molecule has 0 fully saturated rings. The first-order chi connectivity index (χ1) is 8.73. The Morgan fingerprint density at radius 3 is 2.50 bits per heavy atom. The molecule has 1 rings (SSSR count). The zero-order valence-corrected chi connectivity index (χ0v) is 11.8. The molecule has 1 heterocycles. The number of nitrogens with one attached hydrogen (secondary N) is 2. The molecular weight excluding hydrogens is 228 g/mol. The van der Waals surface area contributed by atoms with Crippen LogP contribution in [0, 0.1) is 0 Å². The minimum absolute atomic E-state index is 0.282. The lowest BCUT2D eigenvalue weighted by molar-refractivity contribution is 0.184. The van der Waals surface area contributed by atoms with E-state index in [0.29, 0.717) is 6.61 Å². The van der Waals surface area contributed by atoms with E-state index >= 15 is 0 Å². The zero-order chi connectivity index (χ0) is 13.4. The summed E-state index contributed by atoms with van der Waals surface area (Å²) >= 11 is 0. The van der Waals surface area contributed by atoms with E-state index < -0.39 is 0 Å². The third-order valence-corrected chi connectivity index (χ3v) is 2.66. The Bertz CT molecular complexity index is 357. The normalized spacial score (nSPS) is 12.2. The maximum atomic E-state index is 5.18. The van der Waals surface area contributed by atoms with Crippen LogP contribution >= 0.6 is 0 Å². The van der Waals surface area contributed by atoms with Crippen molar-refractivity contribution in [2.24, 2.45) is 0 Å². The van der Waals surface area contributed by atoms with Crippen LogP contribution < -0.4 is 10.6 Å². The van der Waals surface area contributed by atoms with Crippen LogP contribution in [0.3, 0.4) is 0 Å². The van der Waals surface area contributed by atoms with Crippen LogP contribution in [-0.4, -0.2) is 36.3 Å². The summed E-state index contributed by atoms with van der Waals surface area (Å²) < 4.78 is 5.18. The second-order valence-corrected chi connectivity index (χ2v) is 4.14. The second-order valence-electron chi connectivity index (χ2n) is 4.14. The highest BCUT2D eigenvalue weighted by molar-refractivity contribution is 5.48. The van der Waals surface area contributed by atoms with Crippen molar-refractivity contribution in [3.63, 3.8) is 0 Å². The Balaban J connectivity index is 2.82. The van der Waals surface area contributed by atoms with Gasteiger partial charge in [-0.2, -0.15) is 0 Å². The van der Waals surface area contributed by atoms with Crippen molar-refractivity contribution in [2.75, 3.05) is 30.9 Å². The molecule has 0 aliphatic carbocycles. The van der Waals surface area contributed by atoms with Gasteiger partial charge in [0.25, 0.3) is 0 Å². The van der Waals surface area contributed by atoms with Gasteiger partial charge in [-0.15, -0.1) is 0 Å². The predicted molar refractivity (Wildman–Crippen MR) is 75.2 cm³/mol. The number of hydrogen-bond acceptors (Lipinski definition) is 5. The van der Waals surface area contributed by atoms with Gasteiger partial charge in [0.1, 0.15) is 17.5 Å². The molecule has 0 bridgehead atoms. The number of ether oxygens (including phenoxy) is 1. The first kappa shape index (κ1) is 14.7. The number of rotatable bonds is 8. The monoisotopic (exact) mass is 252 g/mol. The fourth-order valence-corrected chi connectivity index (χ4v) is 1.67. The highest BCUT2D eigenvalue weighted by Gasteiger charge is 2.08. The largest absolute Gasteiger partial charge is 0.383 e. The van der Waals surface area contributed by atoms with Crippen LogP contribution in [0.1, 0.15) is 33.0 Å². The summed E-state index contributed by atoms with van der Waals surface area (Å²) in [6.45, 7) is 7.78. The lowest BCUT2D eigenvalue weighted by atomic mass is 10.2. The molecule has 2 N–H and O–H groups in total. The molecule has 18 heavy (non-hydrogen) atoms. The summed E-state index contributed by atoms with van der Waals surface area (Å²) in [6, 6.07) is 2.23. The smallest absolute Gasteiger partial charge is 0.132 e. The van der Waals surface area contributed by atoms with Gasteiger partial charge in [0.15, 0.2) is 0 Å². The number of hydrogen-bond donors (Lipinski definition) is 2. The topological polar surface area (TPSA) is 59.1 Å². The van der Waals surface area contributed by atoms with Crippen LogP contribution in [0.4, 0.5) is 11.6 Å². The molecule has 1 aromatic rings. The van der Waals surface area contributed by atoms with Crippen LogP contribution in [0.25, 0.3) is 0 Å². The third kappa shape index (κ3) is 4.49. The molecule has 0 saturated heterocycles. The van der Waals surface area contributed by atoms with E-state index in [1.807, 2.05) is 6.07 Å². The Morgan fingerprint density at radius 1 is 1.22 bits per heavy atom. The van der Waals surface area contributed by atoms with Crippen molar-refractivity contribution in [1.82, 2.24) is 9.97 Å². The Kier molecular flexibility index (Phi) is 6.43. The molecule has 1 atom stereocenters. The van der Waals surface area contributed by atoms with E-state index in [0.717, 1.165) is 36.8 Å². The van der Waals surface area contributed by atoms with Crippen LogP contribution in [0.5, 0.6) is 0 Å². The van der Waals surface area contributed by atoms with E-state index in [9.17, 15) is 0 Å². The zero-order valence-electron chi connectivity index (χ0n) is 11.8. The van der Waals surface area contributed by atoms with Crippen molar-refractivity contribution in [1.29, 1.82) is 0 Å². The molecule has 5 heteroatoms. The summed E-state index contributed by atoms with van der Waals surface area (Å²) in [5.41, 5.74) is 0. The Hall–Kier alpha value is -1.36. The minimum atomic E-state index is 0.282. The van der Waals surface area contributed by atoms with E-state index in [1.165, 1.54) is 0 Å². The average Bonchev–Trinajstić information content (AvgIpc) is 2.38. The molecule has 1 aromatic heterocycles. The first-order valence-corrected chi connectivity index (χ1v) is 6.60. The maximum absolute atomic E-state index is 5.18. The van der Waals surface area contributed by atoms with E-state index in [1.54, 1.807) is 7.11 Å². The van der Waals surface area contributed by atoms with Gasteiger partial charge in [0, 0.05) is 26.1 Å². The number of nitrogens with zero attached hydrogens (tertiary/aromatic N) is 2. The van der Waals surface area contributed by atoms with Gasteiger partial charge in [-0.1, -0.05) is 13.8 Å². The van der Waals surface area contributed by atoms with Crippen LogP contribution in [-0.2, 0) is 11.2 Å². The summed E-state index contributed by atoms with van der Waals surface area (Å²) in [4.78, 5) is 8.91. The predicted octanol–water partition coefficient (Wildman–Crippen LogP) is 2.31. The van der Waals surface area contributed by atoms with Gasteiger partial charge in [-0.05, 0) is 13.3 Å². The highest BCUT2D eigenvalue weighted by atomic mass is 16.5. The van der Waals surface area contributed by atoms with Gasteiger partial charge >= 0.3 is 0 Å². The Morgan fingerprint density at radius 2 is 1.94 bits per heavy atom. The number of aromatic nitrogens is 2. The lowest BCUT2D eigenvalue weighted by Crippen LogP contribution is -2.25. The fraction of sp³-hybridized carbons (Fsp3) is 0.692. The molecule has 0 spiro atoms. The molecule has 1 unspecified atom stereocenters. The highest BCUT2D eigenvalue weighted by Crippen LogP contribution is 2.13. The standard InChI is InChI=1S/C13H24N4O/c1-5-10(9-18-4)15-13-8-12(14-7-3)16-11(6-2)17-13/h8,10H,5-7,9H2,1-4H3,(H2,14,15,16,17). The van der Waals surface area contributed by atoms with Crippen LogP contribution in [0.15, 0.2) is 6.07 Å². The molecule has 0 aliphatic rings. The van der Waals surface area contributed by atoms with Crippen molar-refractivity contribution < 1.29 is 4.74 Å². The summed E-state index contributed by atoms with van der Waals surface area (Å²) in [5.74, 6) is 2.59. The van der Waals surface area contributed by atoms with Gasteiger partial charge in [0.2, 0.25) is 0 Å². The average molecular weight is 252 g/mol. The molecular formula is C13H24N4O. The van der Waals surface area contributed by atoms with Crippen molar-refractivity contribution in [2.45, 2.75) is 39.7 Å². The van der Waals surface area contributed by atoms with E-state index in [-0.39, 0.29) is 6.04 Å². The number of anilines is 2. The van der Waals surface area contributed by atoms with E-state index in [4.69, 9.17) is 4.74 Å². The van der Waals surface area contributed by atoms with E-state index in [2.05, 4.69) is 41.4 Å². The Labute approximate surface area is 109 Å². The maximum Gasteiger partial charge on any atom is 0.132 e. The SMILES string of the molecule is CCNc1cc(NC(CC)COC)nc(CC)n1. The third-order valence-electron chi connectivity index (χ3n) is 2.66. The van der Waals surface area contributed by atoms with Crippen LogP contribution in [0.2, 0.25) is 0 Å². The molecule has 0 saturated carbocycles. The lowest BCUT2D eigenvalue weighted by Gasteiger charge is -2.17. The molecule has 0 aliphatic heterocycles. The van der Waals surface area contributed by atoms with Gasteiger partial charge < -0.3 is 15.4 Å². The molecule has 0 radical (unpaired) electrons. The molecule has 0 aromatic carbocycles. The van der Waals surface area contributed by atoms with Gasteiger partial charge in [0.05, 0.1) is 12.6 Å². The second kappa shape index (κ2) is 7.87. The van der Waals surface area contributed by atoms with Crippen molar-refractivity contribution in [3.05, 3.63) is 11.9 Å². The molecule has 102 valence electrons. The molecule has 5 nitrogen and oxygen atoms in total.